The Morgan fingerprint density at radius 1 is 1.10 bits per heavy atom. The van der Waals surface area contributed by atoms with Crippen molar-refractivity contribution in [2.75, 3.05) is 0 Å². The van der Waals surface area contributed by atoms with E-state index in [9.17, 15) is 19.2 Å². The molecule has 0 aromatic rings. The minimum atomic E-state index is -1.09. The second kappa shape index (κ2) is 8.17. The van der Waals surface area contributed by atoms with E-state index < -0.39 is 23.5 Å². The van der Waals surface area contributed by atoms with Gasteiger partial charge in [0.1, 0.15) is 11.9 Å². The molecule has 1 aliphatic carbocycles. The van der Waals surface area contributed by atoms with Crippen LogP contribution < -0.4 is 0 Å². The van der Waals surface area contributed by atoms with Gasteiger partial charge >= 0.3 is 0 Å². The molecule has 3 atom stereocenters. The Labute approximate surface area is 125 Å². The fraction of sp³-hybridized carbons (Fsp3) is 0.750. The molecule has 0 radical (unpaired) electrons. The molecule has 0 amide bonds. The molecule has 0 bridgehead atoms. The van der Waals surface area contributed by atoms with E-state index in [2.05, 4.69) is 0 Å². The first-order valence-corrected chi connectivity index (χ1v) is 7.58. The number of hydrogen-bond acceptors (Lipinski definition) is 5. The lowest BCUT2D eigenvalue weighted by molar-refractivity contribution is -0.138. The molecule has 118 valence electrons. The molecule has 0 aliphatic heterocycles. The van der Waals surface area contributed by atoms with Gasteiger partial charge in [-0.15, -0.1) is 0 Å². The summed E-state index contributed by atoms with van der Waals surface area (Å²) < 4.78 is 0. The molecule has 1 aliphatic rings. The third-order valence-electron chi connectivity index (χ3n) is 4.21. The van der Waals surface area contributed by atoms with Crippen molar-refractivity contribution in [1.82, 2.24) is 0 Å². The van der Waals surface area contributed by atoms with Gasteiger partial charge in [-0.1, -0.05) is 6.42 Å². The predicted molar refractivity (Wildman–Crippen MR) is 76.7 cm³/mol. The summed E-state index contributed by atoms with van der Waals surface area (Å²) in [5, 5.41) is 9.04. The average Bonchev–Trinajstić information content (AvgIpc) is 2.44. The summed E-state index contributed by atoms with van der Waals surface area (Å²) in [4.78, 5) is 46.2. The predicted octanol–water partition coefficient (Wildman–Crippen LogP) is 1.64. The van der Waals surface area contributed by atoms with Crippen molar-refractivity contribution in [3.05, 3.63) is 0 Å². The molecule has 5 nitrogen and oxygen atoms in total. The van der Waals surface area contributed by atoms with Crippen LogP contribution in [0.1, 0.15) is 58.8 Å². The third-order valence-corrected chi connectivity index (χ3v) is 4.21. The maximum absolute atomic E-state index is 11.9. The Hall–Kier alpha value is -1.36. The van der Waals surface area contributed by atoms with E-state index in [1.807, 2.05) is 0 Å². The highest BCUT2D eigenvalue weighted by Crippen LogP contribution is 2.31. The Kier molecular flexibility index (Phi) is 6.89. The Morgan fingerprint density at radius 3 is 2.33 bits per heavy atom. The quantitative estimate of drug-likeness (QED) is 0.688. The van der Waals surface area contributed by atoms with Crippen molar-refractivity contribution in [2.45, 2.75) is 64.9 Å². The normalized spacial score (nSPS) is 23.4. The zero-order valence-electron chi connectivity index (χ0n) is 12.8. The summed E-state index contributed by atoms with van der Waals surface area (Å²) in [6.07, 6.45) is 2.19. The first-order valence-electron chi connectivity index (χ1n) is 7.58. The van der Waals surface area contributed by atoms with Gasteiger partial charge in [-0.25, -0.2) is 0 Å². The molecular formula is C16H24O5. The molecule has 21 heavy (non-hydrogen) atoms. The van der Waals surface area contributed by atoms with Crippen molar-refractivity contribution < 1.29 is 24.3 Å². The molecule has 1 fully saturated rings. The molecule has 2 unspecified atom stereocenters. The first-order chi connectivity index (χ1) is 9.81. The van der Waals surface area contributed by atoms with Gasteiger partial charge in [0.2, 0.25) is 0 Å². The van der Waals surface area contributed by atoms with Gasteiger partial charge in [-0.3, -0.25) is 19.2 Å². The zero-order chi connectivity index (χ0) is 16.0. The van der Waals surface area contributed by atoms with E-state index in [4.69, 9.17) is 5.11 Å². The van der Waals surface area contributed by atoms with E-state index in [-0.39, 0.29) is 36.9 Å². The van der Waals surface area contributed by atoms with Crippen LogP contribution >= 0.6 is 0 Å². The van der Waals surface area contributed by atoms with E-state index >= 15 is 0 Å². The van der Waals surface area contributed by atoms with Crippen LogP contribution in [0.4, 0.5) is 0 Å². The number of ketones is 4. The van der Waals surface area contributed by atoms with E-state index in [1.165, 1.54) is 6.92 Å². The second-order valence-corrected chi connectivity index (χ2v) is 6.03. The molecule has 0 spiro atoms. The topological polar surface area (TPSA) is 88.5 Å². The summed E-state index contributed by atoms with van der Waals surface area (Å²) in [5.74, 6) is -1.16. The van der Waals surface area contributed by atoms with Crippen LogP contribution in [0.25, 0.3) is 0 Å². The summed E-state index contributed by atoms with van der Waals surface area (Å²) in [6, 6.07) is 0. The lowest BCUT2D eigenvalue weighted by atomic mass is 9.77. The van der Waals surface area contributed by atoms with Crippen LogP contribution in [0.15, 0.2) is 0 Å². The van der Waals surface area contributed by atoms with Gasteiger partial charge in [0, 0.05) is 25.2 Å². The number of carbonyl (C=O) groups excluding carboxylic acids is 4. The largest absolute Gasteiger partial charge is 0.386 e. The fourth-order valence-electron chi connectivity index (χ4n) is 2.81. The smallest absolute Gasteiger partial charge is 0.198 e. The minimum absolute atomic E-state index is 0.0171. The highest BCUT2D eigenvalue weighted by atomic mass is 16.3. The maximum Gasteiger partial charge on any atom is 0.198 e. The summed E-state index contributed by atoms with van der Waals surface area (Å²) >= 11 is 0. The van der Waals surface area contributed by atoms with Gasteiger partial charge in [-0.2, -0.15) is 0 Å². The van der Waals surface area contributed by atoms with Crippen molar-refractivity contribution in [2.24, 2.45) is 11.8 Å². The fourth-order valence-corrected chi connectivity index (χ4v) is 2.81. The SMILES string of the molecule is CC(=O)C1CCCC(CC(=O)C(=O)CCC(=O)[C@H](C)O)C1. The van der Waals surface area contributed by atoms with Gasteiger partial charge < -0.3 is 5.11 Å². The molecule has 1 N–H and O–H groups in total. The van der Waals surface area contributed by atoms with Crippen molar-refractivity contribution >= 4 is 23.1 Å². The minimum Gasteiger partial charge on any atom is -0.386 e. The van der Waals surface area contributed by atoms with Crippen molar-refractivity contribution in [1.29, 1.82) is 0 Å². The lowest BCUT2D eigenvalue weighted by Crippen LogP contribution is -2.26. The van der Waals surface area contributed by atoms with Crippen LogP contribution in [-0.2, 0) is 19.2 Å². The van der Waals surface area contributed by atoms with Crippen LogP contribution in [0, 0.1) is 11.8 Å². The Bertz CT molecular complexity index is 424. The van der Waals surface area contributed by atoms with Gasteiger partial charge in [0.25, 0.3) is 0 Å². The molecule has 0 aromatic carbocycles. The summed E-state index contributed by atoms with van der Waals surface area (Å²) in [7, 11) is 0. The first kappa shape index (κ1) is 17.7. The summed E-state index contributed by atoms with van der Waals surface area (Å²) in [5.41, 5.74) is 0. The summed E-state index contributed by atoms with van der Waals surface area (Å²) in [6.45, 7) is 2.92. The van der Waals surface area contributed by atoms with Gasteiger partial charge in [0.05, 0.1) is 0 Å². The molecular weight excluding hydrogens is 272 g/mol. The number of Topliss-reactive ketones (excluding diaryl/α,β-unsaturated/α-hetero) is 4. The third kappa shape index (κ3) is 5.87. The number of hydrogen-bond donors (Lipinski definition) is 1. The average molecular weight is 296 g/mol. The van der Waals surface area contributed by atoms with Crippen LogP contribution in [0.5, 0.6) is 0 Å². The van der Waals surface area contributed by atoms with Crippen LogP contribution in [-0.4, -0.2) is 34.3 Å². The monoisotopic (exact) mass is 296 g/mol. The lowest BCUT2D eigenvalue weighted by Gasteiger charge is -2.26. The van der Waals surface area contributed by atoms with Gasteiger partial charge in [-0.05, 0) is 39.0 Å². The van der Waals surface area contributed by atoms with E-state index in [1.54, 1.807) is 6.92 Å². The highest BCUT2D eigenvalue weighted by molar-refractivity contribution is 6.37. The number of aliphatic hydroxyl groups is 1. The van der Waals surface area contributed by atoms with Crippen molar-refractivity contribution in [3.8, 4) is 0 Å². The number of rotatable bonds is 8. The number of aliphatic hydroxyl groups excluding tert-OH is 1. The van der Waals surface area contributed by atoms with Crippen LogP contribution in [0.2, 0.25) is 0 Å². The van der Waals surface area contributed by atoms with E-state index in [0.717, 1.165) is 19.3 Å². The zero-order valence-corrected chi connectivity index (χ0v) is 12.8. The Morgan fingerprint density at radius 2 is 1.76 bits per heavy atom. The van der Waals surface area contributed by atoms with Crippen molar-refractivity contribution in [3.63, 3.8) is 0 Å². The molecule has 0 aromatic heterocycles. The number of carbonyl (C=O) groups is 4. The van der Waals surface area contributed by atoms with Crippen LogP contribution in [0.3, 0.4) is 0 Å². The molecule has 1 rings (SSSR count). The molecule has 1 saturated carbocycles. The molecule has 0 saturated heterocycles. The highest BCUT2D eigenvalue weighted by Gasteiger charge is 2.28. The second-order valence-electron chi connectivity index (χ2n) is 6.03. The molecule has 5 heteroatoms. The standard InChI is InChI=1S/C16H24O5/c1-10(17)13-5-3-4-12(8-13)9-16(21)15(20)7-6-14(19)11(2)18/h11-13,18H,3-9H2,1-2H3/t11-,12?,13?/m0/s1. The molecule has 0 heterocycles. The Balaban J connectivity index is 2.40. The van der Waals surface area contributed by atoms with E-state index in [0.29, 0.717) is 6.42 Å². The van der Waals surface area contributed by atoms with Gasteiger partial charge in [0.15, 0.2) is 17.3 Å². The maximum atomic E-state index is 11.9.